The Morgan fingerprint density at radius 1 is 1.30 bits per heavy atom. The number of hydrogen-bond donors (Lipinski definition) is 1. The van der Waals surface area contributed by atoms with Gasteiger partial charge in [0.05, 0.1) is 17.3 Å². The Morgan fingerprint density at radius 2 is 2.17 bits per heavy atom. The van der Waals surface area contributed by atoms with Gasteiger partial charge in [-0.05, 0) is 31.0 Å². The molecule has 0 spiro atoms. The highest BCUT2D eigenvalue weighted by Gasteiger charge is 2.25. The predicted octanol–water partition coefficient (Wildman–Crippen LogP) is 3.21. The molecule has 0 aliphatic carbocycles. The van der Waals surface area contributed by atoms with Crippen LogP contribution in [0.5, 0.6) is 5.88 Å². The molecule has 1 aliphatic heterocycles. The van der Waals surface area contributed by atoms with Crippen LogP contribution in [0.25, 0.3) is 0 Å². The number of carbonyl (C=O) groups excluding carboxylic acids is 1. The smallest absolute Gasteiger partial charge is 0.322 e. The molecular weight excluding hydrogens is 316 g/mol. The third kappa shape index (κ3) is 4.10. The van der Waals surface area contributed by atoms with E-state index in [0.29, 0.717) is 29.7 Å². The molecule has 0 saturated carbocycles. The minimum atomic E-state index is -0.175. The second-order valence-corrected chi connectivity index (χ2v) is 5.71. The summed E-state index contributed by atoms with van der Waals surface area (Å²) < 4.78 is 5.79. The summed E-state index contributed by atoms with van der Waals surface area (Å²) in [7, 11) is 0. The summed E-state index contributed by atoms with van der Waals surface area (Å²) >= 11 is 6.07. The van der Waals surface area contributed by atoms with Crippen LogP contribution in [0.4, 0.5) is 10.5 Å². The molecule has 0 bridgehead atoms. The first-order chi connectivity index (χ1) is 11.2. The minimum absolute atomic E-state index is 0.0857. The van der Waals surface area contributed by atoms with Gasteiger partial charge in [-0.1, -0.05) is 23.7 Å². The van der Waals surface area contributed by atoms with Gasteiger partial charge in [-0.2, -0.15) is 5.10 Å². The number of amides is 2. The Bertz CT molecular complexity index is 668. The molecule has 1 unspecified atom stereocenters. The van der Waals surface area contributed by atoms with Crippen molar-refractivity contribution in [2.24, 2.45) is 0 Å². The molecule has 3 rings (SSSR count). The van der Waals surface area contributed by atoms with Crippen LogP contribution in [-0.4, -0.2) is 40.3 Å². The van der Waals surface area contributed by atoms with Crippen molar-refractivity contribution in [1.29, 1.82) is 0 Å². The second-order valence-electron chi connectivity index (χ2n) is 5.30. The first-order valence-corrected chi connectivity index (χ1v) is 7.85. The maximum atomic E-state index is 12.4. The van der Waals surface area contributed by atoms with Gasteiger partial charge in [0.25, 0.3) is 0 Å². The highest BCUT2D eigenvalue weighted by Crippen LogP contribution is 2.22. The SMILES string of the molecule is O=C(Nc1ccccc1Cl)N1CCCC(Oc2cccnn2)C1. The highest BCUT2D eigenvalue weighted by molar-refractivity contribution is 6.33. The summed E-state index contributed by atoms with van der Waals surface area (Å²) in [5.41, 5.74) is 0.608. The molecule has 1 fully saturated rings. The molecule has 1 aromatic heterocycles. The number of para-hydroxylation sites is 1. The van der Waals surface area contributed by atoms with Gasteiger partial charge in [0, 0.05) is 18.8 Å². The second kappa shape index (κ2) is 7.28. The van der Waals surface area contributed by atoms with Gasteiger partial charge in [0.15, 0.2) is 0 Å². The molecule has 120 valence electrons. The van der Waals surface area contributed by atoms with E-state index in [1.807, 2.05) is 12.1 Å². The number of likely N-dealkylation sites (tertiary alicyclic amines) is 1. The van der Waals surface area contributed by atoms with E-state index in [2.05, 4.69) is 15.5 Å². The zero-order valence-corrected chi connectivity index (χ0v) is 13.2. The van der Waals surface area contributed by atoms with Gasteiger partial charge in [0.1, 0.15) is 6.10 Å². The summed E-state index contributed by atoms with van der Waals surface area (Å²) in [5, 5.41) is 11.1. The van der Waals surface area contributed by atoms with Crippen LogP contribution in [0, 0.1) is 0 Å². The molecule has 1 N–H and O–H groups in total. The number of urea groups is 1. The lowest BCUT2D eigenvalue weighted by atomic mass is 10.1. The molecule has 1 aromatic carbocycles. The molecule has 6 nitrogen and oxygen atoms in total. The Hall–Kier alpha value is -2.34. The molecule has 2 amide bonds. The monoisotopic (exact) mass is 332 g/mol. The van der Waals surface area contributed by atoms with Crippen LogP contribution in [0.3, 0.4) is 0 Å². The van der Waals surface area contributed by atoms with Crippen molar-refractivity contribution in [3.63, 3.8) is 0 Å². The zero-order valence-electron chi connectivity index (χ0n) is 12.5. The summed E-state index contributed by atoms with van der Waals surface area (Å²) in [4.78, 5) is 14.1. The van der Waals surface area contributed by atoms with Gasteiger partial charge < -0.3 is 15.0 Å². The quantitative estimate of drug-likeness (QED) is 0.937. The first kappa shape index (κ1) is 15.6. The van der Waals surface area contributed by atoms with Crippen molar-refractivity contribution in [3.8, 4) is 5.88 Å². The van der Waals surface area contributed by atoms with Crippen molar-refractivity contribution in [2.45, 2.75) is 18.9 Å². The van der Waals surface area contributed by atoms with E-state index in [1.165, 1.54) is 0 Å². The van der Waals surface area contributed by atoms with Crippen LogP contribution in [0.15, 0.2) is 42.6 Å². The van der Waals surface area contributed by atoms with Crippen LogP contribution in [-0.2, 0) is 0 Å². The molecule has 1 saturated heterocycles. The summed E-state index contributed by atoms with van der Waals surface area (Å²) in [6, 6.07) is 10.5. The maximum Gasteiger partial charge on any atom is 0.322 e. The number of piperidine rings is 1. The van der Waals surface area contributed by atoms with Crippen molar-refractivity contribution < 1.29 is 9.53 Å². The Balaban J connectivity index is 1.59. The molecule has 23 heavy (non-hydrogen) atoms. The number of rotatable bonds is 3. The van der Waals surface area contributed by atoms with E-state index in [1.54, 1.807) is 35.4 Å². The van der Waals surface area contributed by atoms with Crippen LogP contribution in [0.1, 0.15) is 12.8 Å². The molecule has 2 heterocycles. The van der Waals surface area contributed by atoms with Gasteiger partial charge >= 0.3 is 6.03 Å². The number of carbonyl (C=O) groups is 1. The lowest BCUT2D eigenvalue weighted by Crippen LogP contribution is -2.46. The maximum absolute atomic E-state index is 12.4. The number of benzene rings is 1. The average molecular weight is 333 g/mol. The number of nitrogens with zero attached hydrogens (tertiary/aromatic N) is 3. The summed E-state index contributed by atoms with van der Waals surface area (Å²) in [5.74, 6) is 0.478. The van der Waals surface area contributed by atoms with Crippen LogP contribution < -0.4 is 10.1 Å². The topological polar surface area (TPSA) is 67.4 Å². The lowest BCUT2D eigenvalue weighted by Gasteiger charge is -2.32. The normalized spacial score (nSPS) is 17.6. The van der Waals surface area contributed by atoms with Gasteiger partial charge in [0.2, 0.25) is 5.88 Å². The predicted molar refractivity (Wildman–Crippen MR) is 87.7 cm³/mol. The highest BCUT2D eigenvalue weighted by atomic mass is 35.5. The fraction of sp³-hybridized carbons (Fsp3) is 0.312. The Morgan fingerprint density at radius 3 is 2.96 bits per heavy atom. The van der Waals surface area contributed by atoms with Crippen LogP contribution in [0.2, 0.25) is 5.02 Å². The number of hydrogen-bond acceptors (Lipinski definition) is 4. The lowest BCUT2D eigenvalue weighted by molar-refractivity contribution is 0.102. The Labute approximate surface area is 139 Å². The Kier molecular flexibility index (Phi) is 4.92. The van der Waals surface area contributed by atoms with E-state index in [0.717, 1.165) is 12.8 Å². The van der Waals surface area contributed by atoms with E-state index in [-0.39, 0.29) is 12.1 Å². The fourth-order valence-electron chi connectivity index (χ4n) is 2.50. The molecular formula is C16H17ClN4O2. The van der Waals surface area contributed by atoms with E-state index in [9.17, 15) is 4.79 Å². The molecule has 7 heteroatoms. The molecule has 0 radical (unpaired) electrons. The zero-order chi connectivity index (χ0) is 16.1. The van der Waals surface area contributed by atoms with E-state index < -0.39 is 0 Å². The van der Waals surface area contributed by atoms with Crippen molar-refractivity contribution in [3.05, 3.63) is 47.6 Å². The largest absolute Gasteiger partial charge is 0.471 e. The van der Waals surface area contributed by atoms with E-state index >= 15 is 0 Å². The van der Waals surface area contributed by atoms with Crippen LogP contribution >= 0.6 is 11.6 Å². The summed E-state index contributed by atoms with van der Waals surface area (Å²) in [6.07, 6.45) is 3.27. The van der Waals surface area contributed by atoms with Crippen molar-refractivity contribution in [1.82, 2.24) is 15.1 Å². The van der Waals surface area contributed by atoms with Gasteiger partial charge in [-0.15, -0.1) is 5.10 Å². The number of aromatic nitrogens is 2. The number of halogens is 1. The van der Waals surface area contributed by atoms with Crippen molar-refractivity contribution in [2.75, 3.05) is 18.4 Å². The number of nitrogens with one attached hydrogen (secondary N) is 1. The van der Waals surface area contributed by atoms with Gasteiger partial charge in [-0.3, -0.25) is 0 Å². The van der Waals surface area contributed by atoms with E-state index in [4.69, 9.17) is 16.3 Å². The molecule has 1 aliphatic rings. The fourth-order valence-corrected chi connectivity index (χ4v) is 2.68. The average Bonchev–Trinajstić information content (AvgIpc) is 2.58. The number of ether oxygens (including phenoxy) is 1. The molecule has 2 aromatic rings. The van der Waals surface area contributed by atoms with Crippen molar-refractivity contribution >= 4 is 23.3 Å². The first-order valence-electron chi connectivity index (χ1n) is 7.47. The minimum Gasteiger partial charge on any atom is -0.471 e. The third-order valence-corrected chi connectivity index (χ3v) is 3.95. The number of anilines is 1. The molecule has 1 atom stereocenters. The summed E-state index contributed by atoms with van der Waals surface area (Å²) in [6.45, 7) is 1.20. The third-order valence-electron chi connectivity index (χ3n) is 3.62. The van der Waals surface area contributed by atoms with Gasteiger partial charge in [-0.25, -0.2) is 4.79 Å². The standard InChI is InChI=1S/C16H17ClN4O2/c17-13-6-1-2-7-14(13)19-16(22)21-10-4-5-12(11-21)23-15-8-3-9-18-20-15/h1-3,6-9,12H,4-5,10-11H2,(H,19,22).